The lowest BCUT2D eigenvalue weighted by Gasteiger charge is -2.34. The molecule has 0 bridgehead atoms. The Bertz CT molecular complexity index is 826. The van der Waals surface area contributed by atoms with Crippen molar-refractivity contribution in [3.8, 4) is 0 Å². The third-order valence-electron chi connectivity index (χ3n) is 4.73. The predicted octanol–water partition coefficient (Wildman–Crippen LogP) is 2.82. The second-order valence-electron chi connectivity index (χ2n) is 6.74. The second kappa shape index (κ2) is 8.35. The number of hydrogen-bond donors (Lipinski definition) is 1. The molecule has 1 aliphatic rings. The Morgan fingerprint density at radius 1 is 1.15 bits per heavy atom. The molecular formula is C20H24FN3O3. The number of carbonyl (C=O) groups is 2. The lowest BCUT2D eigenvalue weighted by molar-refractivity contribution is -0.116. The van der Waals surface area contributed by atoms with E-state index in [9.17, 15) is 14.0 Å². The van der Waals surface area contributed by atoms with Gasteiger partial charge in [0.25, 0.3) is 5.91 Å². The number of benzene rings is 1. The Labute approximate surface area is 157 Å². The molecule has 2 heterocycles. The van der Waals surface area contributed by atoms with Crippen LogP contribution in [-0.2, 0) is 4.79 Å². The molecule has 3 rings (SSSR count). The van der Waals surface area contributed by atoms with Crippen molar-refractivity contribution in [2.75, 3.05) is 38.0 Å². The Balaban J connectivity index is 1.44. The van der Waals surface area contributed by atoms with Crippen LogP contribution in [0.4, 0.5) is 10.1 Å². The Morgan fingerprint density at radius 3 is 2.48 bits per heavy atom. The summed E-state index contributed by atoms with van der Waals surface area (Å²) in [7, 11) is 0. The Kier molecular flexibility index (Phi) is 5.91. The van der Waals surface area contributed by atoms with Crippen LogP contribution in [0, 0.1) is 19.7 Å². The lowest BCUT2D eigenvalue weighted by Crippen LogP contribution is -2.49. The minimum Gasteiger partial charge on any atom is -0.466 e. The molecule has 0 spiro atoms. The largest absolute Gasteiger partial charge is 0.466 e. The van der Waals surface area contributed by atoms with Crippen LogP contribution >= 0.6 is 0 Å². The van der Waals surface area contributed by atoms with Crippen molar-refractivity contribution in [1.82, 2.24) is 9.80 Å². The van der Waals surface area contributed by atoms with Gasteiger partial charge in [0, 0.05) is 39.1 Å². The topological polar surface area (TPSA) is 65.8 Å². The first-order chi connectivity index (χ1) is 12.9. The van der Waals surface area contributed by atoms with Crippen LogP contribution in [0.25, 0.3) is 0 Å². The minimum atomic E-state index is -0.442. The maximum absolute atomic E-state index is 13.6. The van der Waals surface area contributed by atoms with Crippen molar-refractivity contribution in [3.63, 3.8) is 0 Å². The average Bonchev–Trinajstić information content (AvgIpc) is 3.00. The van der Waals surface area contributed by atoms with Gasteiger partial charge in [0.1, 0.15) is 17.3 Å². The molecule has 27 heavy (non-hydrogen) atoms. The SMILES string of the molecule is Cc1cc(C(=O)N2CCN(CCC(=O)Nc3ccccc3F)CC2)c(C)o1. The fourth-order valence-electron chi connectivity index (χ4n) is 3.22. The normalized spacial score (nSPS) is 15.0. The van der Waals surface area contributed by atoms with Crippen molar-refractivity contribution in [2.24, 2.45) is 0 Å². The summed E-state index contributed by atoms with van der Waals surface area (Å²) in [4.78, 5) is 28.6. The van der Waals surface area contributed by atoms with Crippen LogP contribution in [-0.4, -0.2) is 54.3 Å². The number of nitrogens with one attached hydrogen (secondary N) is 1. The summed E-state index contributed by atoms with van der Waals surface area (Å²) in [5, 5.41) is 2.59. The number of aryl methyl sites for hydroxylation is 2. The molecule has 1 saturated heterocycles. The number of anilines is 1. The van der Waals surface area contributed by atoms with Gasteiger partial charge in [-0.25, -0.2) is 4.39 Å². The number of carbonyl (C=O) groups excluding carboxylic acids is 2. The molecule has 144 valence electrons. The van der Waals surface area contributed by atoms with Gasteiger partial charge in [-0.1, -0.05) is 12.1 Å². The quantitative estimate of drug-likeness (QED) is 0.875. The number of amides is 2. The Hall–Kier alpha value is -2.67. The maximum Gasteiger partial charge on any atom is 0.257 e. The fourth-order valence-corrected chi connectivity index (χ4v) is 3.22. The zero-order valence-corrected chi connectivity index (χ0v) is 15.6. The van der Waals surface area contributed by atoms with E-state index in [0.717, 1.165) is 5.76 Å². The highest BCUT2D eigenvalue weighted by Gasteiger charge is 2.24. The fraction of sp³-hybridized carbons (Fsp3) is 0.400. The van der Waals surface area contributed by atoms with Gasteiger partial charge in [-0.15, -0.1) is 0 Å². The van der Waals surface area contributed by atoms with Crippen LogP contribution in [0.1, 0.15) is 28.3 Å². The van der Waals surface area contributed by atoms with Crippen LogP contribution < -0.4 is 5.32 Å². The molecule has 2 aromatic rings. The number of rotatable bonds is 5. The van der Waals surface area contributed by atoms with Gasteiger partial charge in [0.15, 0.2) is 0 Å². The Morgan fingerprint density at radius 2 is 1.85 bits per heavy atom. The van der Waals surface area contributed by atoms with Crippen LogP contribution in [0.3, 0.4) is 0 Å². The van der Waals surface area contributed by atoms with Crippen LogP contribution in [0.15, 0.2) is 34.7 Å². The van der Waals surface area contributed by atoms with Gasteiger partial charge >= 0.3 is 0 Å². The van der Waals surface area contributed by atoms with Crippen molar-refractivity contribution < 1.29 is 18.4 Å². The van der Waals surface area contributed by atoms with E-state index in [0.29, 0.717) is 44.0 Å². The summed E-state index contributed by atoms with van der Waals surface area (Å²) in [6.07, 6.45) is 0.280. The molecule has 2 amide bonds. The molecule has 1 aliphatic heterocycles. The van der Waals surface area contributed by atoms with Crippen LogP contribution in [0.2, 0.25) is 0 Å². The smallest absolute Gasteiger partial charge is 0.257 e. The third-order valence-corrected chi connectivity index (χ3v) is 4.73. The zero-order chi connectivity index (χ0) is 19.4. The number of furan rings is 1. The summed E-state index contributed by atoms with van der Waals surface area (Å²) in [5.41, 5.74) is 0.814. The summed E-state index contributed by atoms with van der Waals surface area (Å²) in [5.74, 6) is 0.701. The lowest BCUT2D eigenvalue weighted by atomic mass is 10.2. The maximum atomic E-state index is 13.6. The monoisotopic (exact) mass is 373 g/mol. The molecule has 0 unspecified atom stereocenters. The molecule has 0 saturated carbocycles. The molecule has 0 radical (unpaired) electrons. The highest BCUT2D eigenvalue weighted by Crippen LogP contribution is 2.17. The molecule has 0 aliphatic carbocycles. The highest BCUT2D eigenvalue weighted by atomic mass is 19.1. The van der Waals surface area contributed by atoms with E-state index in [1.54, 1.807) is 25.1 Å². The first kappa shape index (κ1) is 19.1. The van der Waals surface area contributed by atoms with Gasteiger partial charge in [-0.05, 0) is 32.0 Å². The molecule has 0 atom stereocenters. The summed E-state index contributed by atoms with van der Waals surface area (Å²) in [6.45, 7) is 6.82. The molecule has 1 N–H and O–H groups in total. The zero-order valence-electron chi connectivity index (χ0n) is 15.6. The number of para-hydroxylation sites is 1. The van der Waals surface area contributed by atoms with Gasteiger partial charge in [-0.2, -0.15) is 0 Å². The molecule has 1 fully saturated rings. The molecule has 1 aromatic carbocycles. The van der Waals surface area contributed by atoms with E-state index in [1.807, 2.05) is 11.8 Å². The van der Waals surface area contributed by atoms with Crippen molar-refractivity contribution in [2.45, 2.75) is 20.3 Å². The third kappa shape index (κ3) is 4.74. The van der Waals surface area contributed by atoms with E-state index in [1.165, 1.54) is 12.1 Å². The molecule has 1 aromatic heterocycles. The van der Waals surface area contributed by atoms with Crippen molar-refractivity contribution in [3.05, 3.63) is 53.2 Å². The van der Waals surface area contributed by atoms with Crippen molar-refractivity contribution in [1.29, 1.82) is 0 Å². The summed E-state index contributed by atoms with van der Waals surface area (Å²) < 4.78 is 19.0. The first-order valence-electron chi connectivity index (χ1n) is 9.07. The average molecular weight is 373 g/mol. The van der Waals surface area contributed by atoms with Gasteiger partial charge < -0.3 is 14.6 Å². The molecular weight excluding hydrogens is 349 g/mol. The molecule has 6 nitrogen and oxygen atoms in total. The minimum absolute atomic E-state index is 0.0127. The number of hydrogen-bond acceptors (Lipinski definition) is 4. The van der Waals surface area contributed by atoms with Gasteiger partial charge in [0.2, 0.25) is 5.91 Å². The standard InChI is InChI=1S/C20H24FN3O3/c1-14-13-16(15(2)27-14)20(26)24-11-9-23(10-12-24)8-7-19(25)22-18-6-4-3-5-17(18)21/h3-6,13H,7-12H2,1-2H3,(H,22,25). The number of nitrogens with zero attached hydrogens (tertiary/aromatic N) is 2. The van der Waals surface area contributed by atoms with E-state index in [2.05, 4.69) is 10.2 Å². The summed E-state index contributed by atoms with van der Waals surface area (Å²) >= 11 is 0. The van der Waals surface area contributed by atoms with E-state index < -0.39 is 5.82 Å². The predicted molar refractivity (Wildman–Crippen MR) is 100 cm³/mol. The molecule has 7 heteroatoms. The van der Waals surface area contributed by atoms with Crippen molar-refractivity contribution >= 4 is 17.5 Å². The van der Waals surface area contributed by atoms with E-state index >= 15 is 0 Å². The van der Waals surface area contributed by atoms with Gasteiger partial charge in [0.05, 0.1) is 11.3 Å². The van der Waals surface area contributed by atoms with Crippen LogP contribution in [0.5, 0.6) is 0 Å². The highest BCUT2D eigenvalue weighted by molar-refractivity contribution is 5.95. The second-order valence-corrected chi connectivity index (χ2v) is 6.74. The number of halogens is 1. The van der Waals surface area contributed by atoms with Gasteiger partial charge in [-0.3, -0.25) is 14.5 Å². The van der Waals surface area contributed by atoms with E-state index in [-0.39, 0.29) is 23.9 Å². The van der Waals surface area contributed by atoms with E-state index in [4.69, 9.17) is 4.42 Å². The first-order valence-corrected chi connectivity index (χ1v) is 9.07. The number of piperazine rings is 1. The summed E-state index contributed by atoms with van der Waals surface area (Å²) in [6, 6.07) is 7.89.